The number of likely N-dealkylation sites (tertiary alicyclic amines) is 1. The van der Waals surface area contributed by atoms with E-state index >= 15 is 0 Å². The number of fused-ring (bicyclic) bond motifs is 1. The molecule has 4 rings (SSSR count). The maximum Gasteiger partial charge on any atom is 0.265 e. The van der Waals surface area contributed by atoms with Crippen molar-refractivity contribution in [2.45, 2.75) is 0 Å². The van der Waals surface area contributed by atoms with E-state index in [9.17, 15) is 4.79 Å². The van der Waals surface area contributed by atoms with Crippen molar-refractivity contribution in [2.24, 2.45) is 5.92 Å². The van der Waals surface area contributed by atoms with Crippen LogP contribution in [-0.4, -0.2) is 47.4 Å². The first kappa shape index (κ1) is 15.0. The van der Waals surface area contributed by atoms with Gasteiger partial charge in [-0.3, -0.25) is 4.79 Å². The minimum atomic E-state index is 0.0678. The van der Waals surface area contributed by atoms with E-state index in [4.69, 9.17) is 0 Å². The van der Waals surface area contributed by atoms with E-state index in [1.807, 2.05) is 35.2 Å². The molecule has 2 aliphatic rings. The highest BCUT2D eigenvalue weighted by molar-refractivity contribution is 7.14. The molecule has 2 aromatic rings. The van der Waals surface area contributed by atoms with Crippen LogP contribution in [0.5, 0.6) is 0 Å². The Hall–Kier alpha value is -2.58. The fraction of sp³-hybridized carbons (Fsp3) is 0.263. The molecule has 120 valence electrons. The number of benzene rings is 1. The van der Waals surface area contributed by atoms with Crippen LogP contribution in [0.25, 0.3) is 0 Å². The van der Waals surface area contributed by atoms with Gasteiger partial charge in [0.05, 0.1) is 6.20 Å². The van der Waals surface area contributed by atoms with Gasteiger partial charge in [0.2, 0.25) is 0 Å². The Morgan fingerprint density at radius 3 is 2.88 bits per heavy atom. The van der Waals surface area contributed by atoms with E-state index in [-0.39, 0.29) is 5.91 Å². The maximum atomic E-state index is 12.7. The van der Waals surface area contributed by atoms with E-state index in [1.54, 1.807) is 6.20 Å². The van der Waals surface area contributed by atoms with E-state index < -0.39 is 0 Å². The van der Waals surface area contributed by atoms with Crippen LogP contribution in [0.2, 0.25) is 0 Å². The number of carbonyl (C=O) groups is 1. The molecule has 2 aliphatic heterocycles. The summed E-state index contributed by atoms with van der Waals surface area (Å²) >= 11 is 1.37. The lowest BCUT2D eigenvalue weighted by atomic mass is 10.1. The van der Waals surface area contributed by atoms with Crippen molar-refractivity contribution >= 4 is 17.2 Å². The Morgan fingerprint density at radius 2 is 2.08 bits per heavy atom. The van der Waals surface area contributed by atoms with Crippen molar-refractivity contribution < 1.29 is 4.79 Å². The first-order chi connectivity index (χ1) is 11.7. The zero-order valence-corrected chi connectivity index (χ0v) is 14.2. The lowest BCUT2D eigenvalue weighted by molar-refractivity contribution is 0.0790. The summed E-state index contributed by atoms with van der Waals surface area (Å²) in [5, 5.41) is 0.681. The molecule has 1 aromatic heterocycles. The molecular formula is C19H17N3OS. The van der Waals surface area contributed by atoms with Gasteiger partial charge in [0.25, 0.3) is 5.91 Å². The molecule has 0 saturated carbocycles. The molecular weight excluding hydrogens is 318 g/mol. The normalized spacial score (nSPS) is 18.9. The van der Waals surface area contributed by atoms with Crippen LogP contribution in [-0.2, 0) is 0 Å². The molecule has 0 spiro atoms. The van der Waals surface area contributed by atoms with Gasteiger partial charge in [-0.2, -0.15) is 0 Å². The summed E-state index contributed by atoms with van der Waals surface area (Å²) in [6.07, 6.45) is 3.82. The molecule has 1 amide bonds. The van der Waals surface area contributed by atoms with Crippen LogP contribution in [0.15, 0.2) is 48.3 Å². The van der Waals surface area contributed by atoms with Gasteiger partial charge in [0, 0.05) is 44.4 Å². The predicted octanol–water partition coefficient (Wildman–Crippen LogP) is 2.44. The Bertz CT molecular complexity index is 859. The first-order valence-corrected chi connectivity index (χ1v) is 8.74. The number of carbonyl (C=O) groups excluding carboxylic acids is 1. The third kappa shape index (κ3) is 2.93. The number of amides is 1. The van der Waals surface area contributed by atoms with Gasteiger partial charge in [-0.05, 0) is 23.6 Å². The summed E-state index contributed by atoms with van der Waals surface area (Å²) in [4.78, 5) is 21.7. The van der Waals surface area contributed by atoms with Crippen LogP contribution >= 0.6 is 11.3 Å². The van der Waals surface area contributed by atoms with Crippen molar-refractivity contribution in [1.82, 2.24) is 14.8 Å². The van der Waals surface area contributed by atoms with Gasteiger partial charge in [-0.15, -0.1) is 11.3 Å². The van der Waals surface area contributed by atoms with Gasteiger partial charge in [0.15, 0.2) is 5.01 Å². The molecule has 0 radical (unpaired) electrons. The zero-order chi connectivity index (χ0) is 16.5. The van der Waals surface area contributed by atoms with Crippen LogP contribution in [0, 0.1) is 17.8 Å². The number of nitrogens with zero attached hydrogens (tertiary/aromatic N) is 3. The number of aromatic nitrogens is 1. The highest BCUT2D eigenvalue weighted by Gasteiger charge is 2.35. The summed E-state index contributed by atoms with van der Waals surface area (Å²) in [5.74, 6) is 6.68. The second kappa shape index (κ2) is 6.14. The van der Waals surface area contributed by atoms with Crippen LogP contribution in [0.1, 0.15) is 20.2 Å². The molecule has 4 nitrogen and oxygen atoms in total. The lowest BCUT2D eigenvalue weighted by Gasteiger charge is -2.17. The van der Waals surface area contributed by atoms with Crippen molar-refractivity contribution in [1.29, 1.82) is 0 Å². The van der Waals surface area contributed by atoms with E-state index in [0.717, 1.165) is 25.2 Å². The highest BCUT2D eigenvalue weighted by Crippen LogP contribution is 2.30. The third-order valence-electron chi connectivity index (χ3n) is 4.32. The van der Waals surface area contributed by atoms with E-state index in [1.165, 1.54) is 16.9 Å². The minimum absolute atomic E-state index is 0.0678. The largest absolute Gasteiger partial charge is 0.380 e. The predicted molar refractivity (Wildman–Crippen MR) is 94.6 cm³/mol. The molecule has 0 aliphatic carbocycles. The van der Waals surface area contributed by atoms with Gasteiger partial charge < -0.3 is 9.80 Å². The smallest absolute Gasteiger partial charge is 0.265 e. The second-order valence-electron chi connectivity index (χ2n) is 6.17. The van der Waals surface area contributed by atoms with Crippen molar-refractivity contribution in [3.05, 3.63) is 63.7 Å². The van der Waals surface area contributed by atoms with Gasteiger partial charge in [0.1, 0.15) is 4.88 Å². The van der Waals surface area contributed by atoms with Crippen molar-refractivity contribution in [2.75, 3.05) is 26.7 Å². The molecule has 1 fully saturated rings. The quantitative estimate of drug-likeness (QED) is 0.751. The molecule has 24 heavy (non-hydrogen) atoms. The minimum Gasteiger partial charge on any atom is -0.380 e. The van der Waals surface area contributed by atoms with Crippen LogP contribution < -0.4 is 0 Å². The molecule has 0 N–H and O–H groups in total. The molecule has 5 heteroatoms. The standard InChI is InChI=1S/C19H17N3OS/c1-21-10-15-12-22(13-16(15)11-21)19(23)17-9-20-18(24-17)8-7-14-5-3-2-4-6-14/h2-6,9-10,16H,11-13H2,1H3. The summed E-state index contributed by atoms with van der Waals surface area (Å²) in [6, 6.07) is 9.79. The fourth-order valence-corrected chi connectivity index (χ4v) is 3.93. The monoisotopic (exact) mass is 335 g/mol. The lowest BCUT2D eigenvalue weighted by Crippen LogP contribution is -2.30. The maximum absolute atomic E-state index is 12.7. The topological polar surface area (TPSA) is 36.4 Å². The van der Waals surface area contributed by atoms with Gasteiger partial charge >= 0.3 is 0 Å². The van der Waals surface area contributed by atoms with Crippen molar-refractivity contribution in [3.63, 3.8) is 0 Å². The second-order valence-corrected chi connectivity index (χ2v) is 7.20. The summed E-state index contributed by atoms with van der Waals surface area (Å²) < 4.78 is 0. The molecule has 1 aromatic carbocycles. The van der Waals surface area contributed by atoms with Crippen LogP contribution in [0.3, 0.4) is 0 Å². The number of thiazole rings is 1. The Morgan fingerprint density at radius 1 is 1.25 bits per heavy atom. The van der Waals surface area contributed by atoms with Gasteiger partial charge in [-0.1, -0.05) is 24.1 Å². The fourth-order valence-electron chi connectivity index (χ4n) is 3.19. The van der Waals surface area contributed by atoms with E-state index in [0.29, 0.717) is 15.8 Å². The molecule has 0 bridgehead atoms. The first-order valence-electron chi connectivity index (χ1n) is 7.92. The average Bonchev–Trinajstić information content (AvgIpc) is 3.27. The van der Waals surface area contributed by atoms with Crippen molar-refractivity contribution in [3.8, 4) is 11.8 Å². The summed E-state index contributed by atoms with van der Waals surface area (Å²) in [5.41, 5.74) is 2.31. The Balaban J connectivity index is 1.47. The Labute approximate surface area is 145 Å². The third-order valence-corrected chi connectivity index (χ3v) is 5.23. The average molecular weight is 335 g/mol. The number of hydrogen-bond donors (Lipinski definition) is 0. The molecule has 1 saturated heterocycles. The van der Waals surface area contributed by atoms with E-state index in [2.05, 4.69) is 35.0 Å². The number of hydrogen-bond acceptors (Lipinski definition) is 4. The van der Waals surface area contributed by atoms with Gasteiger partial charge in [-0.25, -0.2) is 4.98 Å². The summed E-state index contributed by atoms with van der Waals surface area (Å²) in [7, 11) is 2.08. The molecule has 1 atom stereocenters. The Kier molecular flexibility index (Phi) is 3.83. The molecule has 3 heterocycles. The number of rotatable bonds is 1. The summed E-state index contributed by atoms with van der Waals surface area (Å²) in [6.45, 7) is 2.55. The zero-order valence-electron chi connectivity index (χ0n) is 13.4. The van der Waals surface area contributed by atoms with Crippen LogP contribution in [0.4, 0.5) is 0 Å². The molecule has 1 unspecified atom stereocenters. The SMILES string of the molecule is CN1C=C2CN(C(=O)c3cnc(C#Cc4ccccc4)s3)CC2C1. The highest BCUT2D eigenvalue weighted by atomic mass is 32.1.